The van der Waals surface area contributed by atoms with Gasteiger partial charge in [0.25, 0.3) is 6.43 Å². The molecule has 1 spiro atoms. The Kier molecular flexibility index (Phi) is 8.39. The number of aromatic nitrogens is 5. The van der Waals surface area contributed by atoms with Crippen LogP contribution in [0.15, 0.2) is 54.2 Å². The van der Waals surface area contributed by atoms with Crippen LogP contribution in [0, 0.1) is 11.8 Å². The minimum absolute atomic E-state index is 0.0202. The molecule has 242 valence electrons. The number of ether oxygens (including phenoxy) is 3. The maximum absolute atomic E-state index is 13.8. The molecule has 0 bridgehead atoms. The van der Waals surface area contributed by atoms with E-state index in [0.717, 1.165) is 0 Å². The zero-order valence-electron chi connectivity index (χ0n) is 25.1. The summed E-state index contributed by atoms with van der Waals surface area (Å²) in [6.45, 7) is 4.03. The van der Waals surface area contributed by atoms with Gasteiger partial charge in [-0.05, 0) is 42.5 Å². The zero-order valence-corrected chi connectivity index (χ0v) is 25.9. The SMILES string of the molecule is C[C@@H]1N(c2cc(C#Cc3ccccn3)cnc2O[C@H]2C[C@@H](C(=O)O)N(c3nc(-c4cccs4)nc(C(F)F)n3)C2)CCOC12COC2. The molecule has 0 amide bonds. The highest BCUT2D eigenvalue weighted by molar-refractivity contribution is 7.13. The summed E-state index contributed by atoms with van der Waals surface area (Å²) in [7, 11) is 0. The highest BCUT2D eigenvalue weighted by Crippen LogP contribution is 2.39. The van der Waals surface area contributed by atoms with E-state index in [-0.39, 0.29) is 36.7 Å². The number of hydrogen-bond donors (Lipinski definition) is 1. The summed E-state index contributed by atoms with van der Waals surface area (Å²) in [5.41, 5.74) is 1.45. The molecule has 0 unspecified atom stereocenters. The molecular weight excluding hydrogens is 632 g/mol. The minimum Gasteiger partial charge on any atom is -0.480 e. The Bertz CT molecular complexity index is 1820. The van der Waals surface area contributed by atoms with Gasteiger partial charge in [0.1, 0.15) is 29.1 Å². The van der Waals surface area contributed by atoms with Crippen molar-refractivity contribution in [3.05, 3.63) is 71.3 Å². The predicted molar refractivity (Wildman–Crippen MR) is 167 cm³/mol. The Morgan fingerprint density at radius 1 is 1.15 bits per heavy atom. The Morgan fingerprint density at radius 3 is 2.72 bits per heavy atom. The molecule has 3 atom stereocenters. The fourth-order valence-electron chi connectivity index (χ4n) is 5.90. The van der Waals surface area contributed by atoms with Gasteiger partial charge in [0.15, 0.2) is 5.82 Å². The lowest BCUT2D eigenvalue weighted by Crippen LogP contribution is -2.68. The first kappa shape index (κ1) is 30.9. The monoisotopic (exact) mass is 661 g/mol. The van der Waals surface area contributed by atoms with Crippen LogP contribution in [-0.2, 0) is 14.3 Å². The molecule has 3 fully saturated rings. The summed E-state index contributed by atoms with van der Waals surface area (Å²) in [5.74, 6) is 4.48. The molecule has 15 heteroatoms. The number of nitrogens with zero attached hydrogens (tertiary/aromatic N) is 7. The number of carbonyl (C=O) groups is 1. The number of alkyl halides is 2. The van der Waals surface area contributed by atoms with Crippen LogP contribution in [-0.4, -0.2) is 92.7 Å². The van der Waals surface area contributed by atoms with E-state index >= 15 is 0 Å². The van der Waals surface area contributed by atoms with Gasteiger partial charge in [-0.2, -0.15) is 9.97 Å². The molecule has 3 aliphatic rings. The molecule has 47 heavy (non-hydrogen) atoms. The first-order chi connectivity index (χ1) is 22.8. The summed E-state index contributed by atoms with van der Waals surface area (Å²) in [5, 5.41) is 11.9. The molecule has 0 radical (unpaired) electrons. The van der Waals surface area contributed by atoms with Crippen LogP contribution in [0.1, 0.15) is 36.9 Å². The predicted octanol–water partition coefficient (Wildman–Crippen LogP) is 3.83. The van der Waals surface area contributed by atoms with E-state index in [1.54, 1.807) is 29.9 Å². The Balaban J connectivity index is 1.21. The smallest absolute Gasteiger partial charge is 0.326 e. The van der Waals surface area contributed by atoms with Crippen LogP contribution in [0.25, 0.3) is 10.7 Å². The van der Waals surface area contributed by atoms with Crippen molar-refractivity contribution >= 4 is 28.9 Å². The van der Waals surface area contributed by atoms with Gasteiger partial charge in [0, 0.05) is 30.9 Å². The number of carboxylic acids is 1. The highest BCUT2D eigenvalue weighted by atomic mass is 32.1. The van der Waals surface area contributed by atoms with Gasteiger partial charge in [-0.3, -0.25) is 0 Å². The molecular formula is C32H29F2N7O5S. The third-order valence-electron chi connectivity index (χ3n) is 8.45. The van der Waals surface area contributed by atoms with E-state index in [1.165, 1.54) is 16.2 Å². The van der Waals surface area contributed by atoms with Crippen LogP contribution >= 0.6 is 11.3 Å². The Morgan fingerprint density at radius 2 is 2.02 bits per heavy atom. The van der Waals surface area contributed by atoms with Gasteiger partial charge in [0.05, 0.1) is 37.3 Å². The average Bonchev–Trinajstić information content (AvgIpc) is 3.75. The van der Waals surface area contributed by atoms with E-state index < -0.39 is 36.0 Å². The van der Waals surface area contributed by atoms with E-state index in [4.69, 9.17) is 14.2 Å². The Labute approximate surface area is 272 Å². The van der Waals surface area contributed by atoms with Crippen LogP contribution < -0.4 is 14.5 Å². The topological polar surface area (TPSA) is 136 Å². The molecule has 12 nitrogen and oxygen atoms in total. The van der Waals surface area contributed by atoms with Crippen molar-refractivity contribution in [3.8, 4) is 28.4 Å². The van der Waals surface area contributed by atoms with Crippen LogP contribution in [0.5, 0.6) is 5.88 Å². The molecule has 0 aromatic carbocycles. The molecule has 4 aromatic rings. The van der Waals surface area contributed by atoms with E-state index in [2.05, 4.69) is 48.6 Å². The number of halogens is 2. The number of hydrogen-bond acceptors (Lipinski definition) is 12. The normalized spacial score (nSPS) is 21.7. The number of anilines is 2. The number of morpholine rings is 1. The van der Waals surface area contributed by atoms with Crippen molar-refractivity contribution in [2.45, 2.75) is 43.6 Å². The summed E-state index contributed by atoms with van der Waals surface area (Å²) >= 11 is 1.28. The van der Waals surface area contributed by atoms with Crippen molar-refractivity contribution in [2.75, 3.05) is 42.7 Å². The lowest BCUT2D eigenvalue weighted by Gasteiger charge is -2.53. The van der Waals surface area contributed by atoms with Gasteiger partial charge in [-0.1, -0.05) is 18.1 Å². The second-order valence-corrected chi connectivity index (χ2v) is 12.3. The van der Waals surface area contributed by atoms with Crippen LogP contribution in [0.4, 0.5) is 20.4 Å². The number of aliphatic carboxylic acids is 1. The summed E-state index contributed by atoms with van der Waals surface area (Å²) in [6, 6.07) is 9.61. The largest absolute Gasteiger partial charge is 0.480 e. The van der Waals surface area contributed by atoms with Crippen molar-refractivity contribution in [1.82, 2.24) is 24.9 Å². The number of rotatable bonds is 7. The van der Waals surface area contributed by atoms with E-state index in [0.29, 0.717) is 48.2 Å². The molecule has 0 saturated carbocycles. The molecule has 0 aliphatic carbocycles. The molecule has 3 aliphatic heterocycles. The third kappa shape index (κ3) is 6.19. The molecule has 7 rings (SSSR count). The Hall–Kier alpha value is -4.78. The van der Waals surface area contributed by atoms with E-state index in [1.807, 2.05) is 24.3 Å². The quantitative estimate of drug-likeness (QED) is 0.289. The standard InChI is InChI=1S/C32H29F2N7O5S/c1-19-32(17-44-18-32)45-11-10-40(19)23-13-20(7-8-21-5-2-3-9-35-21)15-36-29(23)46-22-14-24(30(42)43)41(16-22)31-38-27(25-6-4-12-47-25)37-28(39-31)26(33)34/h2-6,9,12-13,15,19,22,24,26H,10-11,14,16-18H2,1H3,(H,42,43)/t19-,22-,24-/m0/s1. The summed E-state index contributed by atoms with van der Waals surface area (Å²) in [6.07, 6.45) is -0.346. The van der Waals surface area contributed by atoms with Crippen molar-refractivity contribution in [3.63, 3.8) is 0 Å². The second-order valence-electron chi connectivity index (χ2n) is 11.4. The van der Waals surface area contributed by atoms with Crippen molar-refractivity contribution in [1.29, 1.82) is 0 Å². The maximum atomic E-state index is 13.8. The average molecular weight is 662 g/mol. The van der Waals surface area contributed by atoms with Gasteiger partial charge < -0.3 is 29.1 Å². The lowest BCUT2D eigenvalue weighted by molar-refractivity contribution is -0.228. The number of pyridine rings is 2. The first-order valence-corrected chi connectivity index (χ1v) is 15.8. The number of carboxylic acid groups (broad SMARTS) is 1. The highest BCUT2D eigenvalue weighted by Gasteiger charge is 2.50. The molecule has 4 aromatic heterocycles. The van der Waals surface area contributed by atoms with Crippen LogP contribution in [0.3, 0.4) is 0 Å². The summed E-state index contributed by atoms with van der Waals surface area (Å²) in [4.78, 5) is 37.7. The van der Waals surface area contributed by atoms with Gasteiger partial charge >= 0.3 is 5.97 Å². The molecule has 7 heterocycles. The summed E-state index contributed by atoms with van der Waals surface area (Å²) < 4.78 is 45.8. The van der Waals surface area contributed by atoms with E-state index in [9.17, 15) is 18.7 Å². The van der Waals surface area contributed by atoms with Gasteiger partial charge in [0.2, 0.25) is 17.7 Å². The minimum atomic E-state index is -2.97. The van der Waals surface area contributed by atoms with Crippen LogP contribution in [0.2, 0.25) is 0 Å². The van der Waals surface area contributed by atoms with Gasteiger partial charge in [-0.15, -0.1) is 11.3 Å². The molecule has 3 saturated heterocycles. The lowest BCUT2D eigenvalue weighted by atomic mass is 9.90. The first-order valence-electron chi connectivity index (χ1n) is 15.0. The third-order valence-corrected chi connectivity index (χ3v) is 9.31. The molecule has 1 N–H and O–H groups in total. The fraction of sp³-hybridized carbons (Fsp3) is 0.375. The second kappa shape index (κ2) is 12.8. The fourth-order valence-corrected chi connectivity index (χ4v) is 6.56. The van der Waals surface area contributed by atoms with Gasteiger partial charge in [-0.25, -0.2) is 28.5 Å². The van der Waals surface area contributed by atoms with Crippen molar-refractivity contribution in [2.24, 2.45) is 0 Å². The van der Waals surface area contributed by atoms with Crippen molar-refractivity contribution < 1.29 is 32.9 Å². The number of thiophene rings is 1. The zero-order chi connectivity index (χ0) is 32.5. The maximum Gasteiger partial charge on any atom is 0.326 e.